The number of nitriles is 3. The molecule has 1 aromatic rings. The topological polar surface area (TPSA) is 127 Å². The van der Waals surface area contributed by atoms with E-state index in [1.54, 1.807) is 32.2 Å². The van der Waals surface area contributed by atoms with Gasteiger partial charge >= 0.3 is 0 Å². The minimum absolute atomic E-state index is 0.399. The predicted molar refractivity (Wildman–Crippen MR) is 76.1 cm³/mol. The van der Waals surface area contributed by atoms with Gasteiger partial charge in [0, 0.05) is 24.9 Å². The summed E-state index contributed by atoms with van der Waals surface area (Å²) in [5.41, 5.74) is -3.12. The van der Waals surface area contributed by atoms with Crippen molar-refractivity contribution >= 4 is 5.90 Å². The first-order valence-corrected chi connectivity index (χ1v) is 7.01. The van der Waals surface area contributed by atoms with Crippen molar-refractivity contribution in [1.29, 1.82) is 21.2 Å². The Labute approximate surface area is 133 Å². The molecule has 1 N–H and O–H groups in total. The van der Waals surface area contributed by atoms with Crippen LogP contribution in [-0.2, 0) is 9.47 Å². The van der Waals surface area contributed by atoms with E-state index in [0.717, 1.165) is 0 Å². The van der Waals surface area contributed by atoms with Gasteiger partial charge in [-0.3, -0.25) is 10.4 Å². The molecular formula is C16H13N5O2. The number of aromatic nitrogens is 1. The number of pyridine rings is 1. The highest BCUT2D eigenvalue weighted by Crippen LogP contribution is 2.66. The molecule has 2 aliphatic rings. The fourth-order valence-electron chi connectivity index (χ4n) is 3.54. The molecule has 0 radical (unpaired) electrons. The van der Waals surface area contributed by atoms with Crippen LogP contribution >= 0.6 is 0 Å². The average molecular weight is 307 g/mol. The second-order valence-corrected chi connectivity index (χ2v) is 5.90. The van der Waals surface area contributed by atoms with Gasteiger partial charge in [0.05, 0.1) is 24.1 Å². The van der Waals surface area contributed by atoms with Crippen molar-refractivity contribution in [3.05, 3.63) is 30.1 Å². The van der Waals surface area contributed by atoms with Crippen LogP contribution in [0.4, 0.5) is 0 Å². The van der Waals surface area contributed by atoms with Gasteiger partial charge in [0.15, 0.2) is 5.41 Å². The molecule has 2 aliphatic heterocycles. The fraction of sp³-hybridized carbons (Fsp3) is 0.438. The Balaban J connectivity index is 2.34. The summed E-state index contributed by atoms with van der Waals surface area (Å²) in [6, 6.07) is 9.28. The zero-order valence-corrected chi connectivity index (χ0v) is 12.6. The minimum atomic E-state index is -1.91. The maximum absolute atomic E-state index is 9.84. The van der Waals surface area contributed by atoms with Crippen molar-refractivity contribution in [3.8, 4) is 18.2 Å². The van der Waals surface area contributed by atoms with Crippen molar-refractivity contribution in [2.24, 2.45) is 16.7 Å². The molecule has 2 fully saturated rings. The SMILES string of the molecule is C[C@H]1[C@]2(C)OC(=N)[C@@]1(C#N)C(C#N)(C#N)[C@H](c1cccnc1)O2. The summed E-state index contributed by atoms with van der Waals surface area (Å²) in [5.74, 6) is -2.31. The van der Waals surface area contributed by atoms with Crippen LogP contribution in [0.2, 0.25) is 0 Å². The lowest BCUT2D eigenvalue weighted by molar-refractivity contribution is -0.268. The maximum atomic E-state index is 9.84. The Hall–Kier alpha value is -2.95. The van der Waals surface area contributed by atoms with E-state index in [1.165, 1.54) is 6.20 Å². The molecule has 0 spiro atoms. The lowest BCUT2D eigenvalue weighted by Gasteiger charge is -2.47. The van der Waals surface area contributed by atoms with Crippen LogP contribution < -0.4 is 0 Å². The number of hydrogen-bond donors (Lipinski definition) is 1. The average Bonchev–Trinajstić information content (AvgIpc) is 2.71. The van der Waals surface area contributed by atoms with Gasteiger partial charge in [0.1, 0.15) is 6.10 Å². The lowest BCUT2D eigenvalue weighted by Crippen LogP contribution is -2.57. The Morgan fingerprint density at radius 2 is 1.96 bits per heavy atom. The van der Waals surface area contributed by atoms with E-state index in [-0.39, 0.29) is 0 Å². The molecule has 7 nitrogen and oxygen atoms in total. The summed E-state index contributed by atoms with van der Waals surface area (Å²) < 4.78 is 11.5. The highest BCUT2D eigenvalue weighted by molar-refractivity contribution is 5.89. The van der Waals surface area contributed by atoms with Crippen molar-refractivity contribution in [2.75, 3.05) is 0 Å². The summed E-state index contributed by atoms with van der Waals surface area (Å²) in [6.45, 7) is 3.28. The number of nitrogens with one attached hydrogen (secondary N) is 1. The second-order valence-electron chi connectivity index (χ2n) is 5.90. The molecule has 3 heterocycles. The van der Waals surface area contributed by atoms with Crippen molar-refractivity contribution in [1.82, 2.24) is 4.98 Å². The number of hydrogen-bond acceptors (Lipinski definition) is 7. The van der Waals surface area contributed by atoms with Gasteiger partial charge in [-0.25, -0.2) is 0 Å². The smallest absolute Gasteiger partial charge is 0.214 e. The van der Waals surface area contributed by atoms with Crippen LogP contribution in [0.25, 0.3) is 0 Å². The molecule has 2 saturated heterocycles. The lowest BCUT2D eigenvalue weighted by atomic mass is 9.54. The fourth-order valence-corrected chi connectivity index (χ4v) is 3.54. The molecule has 0 aliphatic carbocycles. The summed E-state index contributed by atoms with van der Waals surface area (Å²) in [7, 11) is 0. The van der Waals surface area contributed by atoms with E-state index in [1.807, 2.05) is 18.2 Å². The molecule has 3 rings (SSSR count). The van der Waals surface area contributed by atoms with Gasteiger partial charge in [0.2, 0.25) is 17.1 Å². The molecule has 0 aromatic carbocycles. The summed E-state index contributed by atoms with van der Waals surface area (Å²) in [4.78, 5) is 4.00. The van der Waals surface area contributed by atoms with Gasteiger partial charge < -0.3 is 9.47 Å². The number of rotatable bonds is 1. The molecule has 23 heavy (non-hydrogen) atoms. The molecule has 114 valence electrons. The normalized spacial score (nSPS) is 37.1. The van der Waals surface area contributed by atoms with Crippen LogP contribution in [-0.4, -0.2) is 16.7 Å². The van der Waals surface area contributed by atoms with Crippen LogP contribution in [0.3, 0.4) is 0 Å². The number of nitrogens with zero attached hydrogens (tertiary/aromatic N) is 4. The van der Waals surface area contributed by atoms with Gasteiger partial charge in [-0.15, -0.1) is 0 Å². The Kier molecular flexibility index (Phi) is 2.94. The van der Waals surface area contributed by atoms with E-state index in [2.05, 4.69) is 4.98 Å². The van der Waals surface area contributed by atoms with E-state index < -0.39 is 34.5 Å². The third kappa shape index (κ3) is 1.49. The van der Waals surface area contributed by atoms with Crippen molar-refractivity contribution in [2.45, 2.75) is 25.7 Å². The molecule has 0 unspecified atom stereocenters. The zero-order valence-electron chi connectivity index (χ0n) is 12.6. The van der Waals surface area contributed by atoms with Gasteiger partial charge in [-0.2, -0.15) is 15.8 Å². The Bertz CT molecular complexity index is 788. The highest BCUT2D eigenvalue weighted by atomic mass is 16.7. The molecule has 4 atom stereocenters. The van der Waals surface area contributed by atoms with Gasteiger partial charge in [0.25, 0.3) is 0 Å². The van der Waals surface area contributed by atoms with Crippen LogP contribution in [0.15, 0.2) is 24.5 Å². The Morgan fingerprint density at radius 1 is 1.26 bits per heavy atom. The van der Waals surface area contributed by atoms with E-state index in [9.17, 15) is 15.8 Å². The molecular weight excluding hydrogens is 294 g/mol. The van der Waals surface area contributed by atoms with E-state index >= 15 is 0 Å². The first-order valence-electron chi connectivity index (χ1n) is 7.01. The van der Waals surface area contributed by atoms with Crippen molar-refractivity contribution < 1.29 is 9.47 Å². The predicted octanol–water partition coefficient (Wildman–Crippen LogP) is 2.06. The summed E-state index contributed by atoms with van der Waals surface area (Å²) in [5, 5.41) is 37.7. The standard InChI is InChI=1S/C16H13N5O2/c1-10-14(2)22-12(11-4-3-5-21-6-11)15(7-17,8-18)16(10,9-19)13(20)23-14/h3-6,10,12,20H,1-2H3/t10-,12-,14-,16-/m0/s1. The minimum Gasteiger partial charge on any atom is -0.448 e. The first-order chi connectivity index (χ1) is 10.9. The second kappa shape index (κ2) is 4.52. The Morgan fingerprint density at radius 3 is 2.48 bits per heavy atom. The highest BCUT2D eigenvalue weighted by Gasteiger charge is 2.78. The largest absolute Gasteiger partial charge is 0.448 e. The first kappa shape index (κ1) is 15.0. The van der Waals surface area contributed by atoms with Crippen LogP contribution in [0.1, 0.15) is 25.5 Å². The molecule has 1 aromatic heterocycles. The van der Waals surface area contributed by atoms with E-state index in [0.29, 0.717) is 5.56 Å². The van der Waals surface area contributed by atoms with Gasteiger partial charge in [-0.1, -0.05) is 13.0 Å². The monoisotopic (exact) mass is 307 g/mol. The van der Waals surface area contributed by atoms with Crippen molar-refractivity contribution in [3.63, 3.8) is 0 Å². The molecule has 2 bridgehead atoms. The maximum Gasteiger partial charge on any atom is 0.214 e. The molecule has 0 saturated carbocycles. The molecule has 0 amide bonds. The van der Waals surface area contributed by atoms with Crippen LogP contribution in [0.5, 0.6) is 0 Å². The van der Waals surface area contributed by atoms with E-state index in [4.69, 9.17) is 14.9 Å². The summed E-state index contributed by atoms with van der Waals surface area (Å²) in [6.07, 6.45) is 2.00. The zero-order chi connectivity index (χ0) is 16.9. The number of fused-ring (bicyclic) bond motifs is 2. The quantitative estimate of drug-likeness (QED) is 0.846. The number of ether oxygens (including phenoxy) is 2. The third-order valence-corrected chi connectivity index (χ3v) is 4.98. The van der Waals surface area contributed by atoms with Crippen LogP contribution in [0, 0.1) is 56.2 Å². The third-order valence-electron chi connectivity index (χ3n) is 4.98. The van der Waals surface area contributed by atoms with Gasteiger partial charge in [-0.05, 0) is 6.07 Å². The molecule has 7 heteroatoms. The summed E-state index contributed by atoms with van der Waals surface area (Å²) >= 11 is 0.